The van der Waals surface area contributed by atoms with Crippen molar-refractivity contribution in [3.8, 4) is 11.5 Å². The Kier molecular flexibility index (Phi) is 10.2. The van der Waals surface area contributed by atoms with Crippen LogP contribution >= 0.6 is 11.5 Å². The largest absolute Gasteiger partial charge is 0.493 e. The van der Waals surface area contributed by atoms with E-state index in [-0.39, 0.29) is 0 Å². The molecule has 0 amide bonds. The van der Waals surface area contributed by atoms with Crippen LogP contribution in [-0.4, -0.2) is 70.4 Å². The summed E-state index contributed by atoms with van der Waals surface area (Å²) >= 11 is 1.58. The van der Waals surface area contributed by atoms with Crippen molar-refractivity contribution in [2.45, 2.75) is 6.42 Å². The van der Waals surface area contributed by atoms with Crippen LogP contribution in [0.1, 0.15) is 5.56 Å². The minimum Gasteiger partial charge on any atom is -0.493 e. The number of piperazine rings is 1. The van der Waals surface area contributed by atoms with Crippen molar-refractivity contribution in [3.05, 3.63) is 72.3 Å². The van der Waals surface area contributed by atoms with Crippen LogP contribution in [0.5, 0.6) is 11.5 Å². The Morgan fingerprint density at radius 1 is 0.846 bits per heavy atom. The number of ether oxygens (including phenoxy) is 2. The van der Waals surface area contributed by atoms with E-state index in [9.17, 15) is 0 Å². The van der Waals surface area contributed by atoms with Gasteiger partial charge in [0.25, 0.3) is 0 Å². The highest BCUT2D eigenvalue weighted by atomic mass is 32.1. The second kappa shape index (κ2) is 14.0. The standard InChI is InChI=1S/C21H26N4O2S.C8H11NO2/c1-26-18-13-15(17(22)14-19(18)27-2)7-8-24-9-11-25(12-10-24)21-16-5-3-4-6-20(16)28-23-21;1-10-9(11-2)8-6-4-3-5-7-8/h3-6,13-14H,7-12,22H2,1-2H3;3-7H,1-2H3. The molecule has 0 saturated carbocycles. The molecule has 0 spiro atoms. The Balaban J connectivity index is 0.000000270. The minimum absolute atomic E-state index is 0.674. The zero-order chi connectivity index (χ0) is 27.6. The molecule has 9 nitrogen and oxygen atoms in total. The first-order valence-electron chi connectivity index (χ1n) is 12.8. The van der Waals surface area contributed by atoms with Crippen molar-refractivity contribution in [2.24, 2.45) is 0 Å². The predicted octanol–water partition coefficient (Wildman–Crippen LogP) is 4.88. The summed E-state index contributed by atoms with van der Waals surface area (Å²) < 4.78 is 16.7. The van der Waals surface area contributed by atoms with Gasteiger partial charge in [-0.15, -0.1) is 5.23 Å². The van der Waals surface area contributed by atoms with Crippen molar-refractivity contribution in [2.75, 3.05) is 77.0 Å². The average molecular weight is 552 g/mol. The molecule has 2 N–H and O–H groups in total. The van der Waals surface area contributed by atoms with Gasteiger partial charge in [-0.2, -0.15) is 4.37 Å². The van der Waals surface area contributed by atoms with Gasteiger partial charge in [0.2, 0.25) is 0 Å². The summed E-state index contributed by atoms with van der Waals surface area (Å²) in [5, 5.41) is 2.60. The molecule has 0 unspecified atom stereocenters. The third kappa shape index (κ3) is 7.10. The Bertz CT molecular complexity index is 1310. The van der Waals surface area contributed by atoms with E-state index in [1.165, 1.54) is 15.3 Å². The number of aromatic nitrogens is 1. The average Bonchev–Trinajstić information content (AvgIpc) is 3.42. The normalized spacial score (nSPS) is 13.6. The van der Waals surface area contributed by atoms with Crippen LogP contribution in [-0.2, 0) is 16.1 Å². The summed E-state index contributed by atoms with van der Waals surface area (Å²) in [7, 11) is 6.38. The molecule has 10 heteroatoms. The summed E-state index contributed by atoms with van der Waals surface area (Å²) in [6.45, 7) is 5.02. The zero-order valence-electron chi connectivity index (χ0n) is 23.0. The third-order valence-electron chi connectivity index (χ3n) is 6.67. The molecular weight excluding hydrogens is 514 g/mol. The molecule has 3 aromatic carbocycles. The van der Waals surface area contributed by atoms with Crippen LogP contribution < -0.4 is 25.3 Å². The number of rotatable bonds is 9. The van der Waals surface area contributed by atoms with Crippen LogP contribution in [0, 0.1) is 0 Å². The van der Waals surface area contributed by atoms with Gasteiger partial charge in [-0.1, -0.05) is 30.3 Å². The first kappa shape index (κ1) is 28.4. The number of para-hydroxylation sites is 1. The minimum atomic E-state index is 0.674. The second-order valence-corrected chi connectivity index (χ2v) is 9.75. The Labute approximate surface area is 234 Å². The van der Waals surface area contributed by atoms with Gasteiger partial charge >= 0.3 is 0 Å². The molecule has 208 valence electrons. The topological polar surface area (TPSA) is 85.6 Å². The number of hydrogen-bond donors (Lipinski definition) is 1. The maximum atomic E-state index is 6.21. The molecule has 0 radical (unpaired) electrons. The number of anilines is 3. The summed E-state index contributed by atoms with van der Waals surface area (Å²) in [5.74, 6) is 2.53. The third-order valence-corrected chi connectivity index (χ3v) is 7.49. The van der Waals surface area contributed by atoms with E-state index in [1.54, 1.807) is 40.0 Å². The Morgan fingerprint density at radius 3 is 2.15 bits per heavy atom. The van der Waals surface area contributed by atoms with Gasteiger partial charge < -0.3 is 20.1 Å². The summed E-state index contributed by atoms with van der Waals surface area (Å²) in [6, 6.07) is 21.9. The smallest absolute Gasteiger partial charge is 0.162 e. The van der Waals surface area contributed by atoms with Gasteiger partial charge in [-0.3, -0.25) is 14.6 Å². The highest BCUT2D eigenvalue weighted by molar-refractivity contribution is 7.13. The van der Waals surface area contributed by atoms with Crippen LogP contribution in [0.2, 0.25) is 0 Å². The fourth-order valence-corrected chi connectivity index (χ4v) is 5.35. The van der Waals surface area contributed by atoms with E-state index in [0.29, 0.717) is 5.75 Å². The maximum Gasteiger partial charge on any atom is 0.162 e. The molecule has 1 aromatic heterocycles. The van der Waals surface area contributed by atoms with Crippen molar-refractivity contribution >= 4 is 38.8 Å². The lowest BCUT2D eigenvalue weighted by Crippen LogP contribution is -2.47. The maximum absolute atomic E-state index is 6.21. The molecular formula is C29H37N5O4S. The number of fused-ring (bicyclic) bond motifs is 1. The van der Waals surface area contributed by atoms with E-state index in [2.05, 4.69) is 34.1 Å². The van der Waals surface area contributed by atoms with E-state index < -0.39 is 0 Å². The number of methoxy groups -OCH3 is 2. The van der Waals surface area contributed by atoms with E-state index in [0.717, 1.165) is 67.7 Å². The molecule has 5 rings (SSSR count). The van der Waals surface area contributed by atoms with Gasteiger partial charge in [0.15, 0.2) is 11.5 Å². The van der Waals surface area contributed by atoms with E-state index in [1.807, 2.05) is 42.5 Å². The van der Waals surface area contributed by atoms with Crippen molar-refractivity contribution in [1.29, 1.82) is 0 Å². The van der Waals surface area contributed by atoms with Gasteiger partial charge in [0, 0.05) is 49.9 Å². The Hall–Kier alpha value is -3.57. The number of nitrogen functional groups attached to an aromatic ring is 1. The second-order valence-electron chi connectivity index (χ2n) is 8.94. The summed E-state index contributed by atoms with van der Waals surface area (Å²) in [4.78, 5) is 14.7. The molecule has 0 atom stereocenters. The number of benzene rings is 3. The van der Waals surface area contributed by atoms with Crippen LogP contribution in [0.25, 0.3) is 10.1 Å². The fraction of sp³-hybridized carbons (Fsp3) is 0.345. The molecule has 1 saturated heterocycles. The SMILES string of the molecule is CON(OC)c1ccccc1.COc1cc(N)c(CCN2CCN(c3nsc4ccccc34)CC2)cc1OC. The summed E-state index contributed by atoms with van der Waals surface area (Å²) in [5.41, 5.74) is 8.94. The van der Waals surface area contributed by atoms with Crippen LogP contribution in [0.4, 0.5) is 17.2 Å². The Morgan fingerprint density at radius 2 is 1.49 bits per heavy atom. The van der Waals surface area contributed by atoms with Crippen LogP contribution in [0.15, 0.2) is 66.7 Å². The van der Waals surface area contributed by atoms with Crippen molar-refractivity contribution in [3.63, 3.8) is 0 Å². The first-order valence-corrected chi connectivity index (χ1v) is 13.6. The zero-order valence-corrected chi connectivity index (χ0v) is 23.8. The molecule has 1 aliphatic heterocycles. The fourth-order valence-electron chi connectivity index (χ4n) is 4.55. The van der Waals surface area contributed by atoms with Crippen molar-refractivity contribution < 1.29 is 19.1 Å². The van der Waals surface area contributed by atoms with Gasteiger partial charge in [-0.25, -0.2) is 0 Å². The lowest BCUT2D eigenvalue weighted by molar-refractivity contribution is -0.0433. The summed E-state index contributed by atoms with van der Waals surface area (Å²) in [6.07, 6.45) is 0.895. The predicted molar refractivity (Wildman–Crippen MR) is 159 cm³/mol. The van der Waals surface area contributed by atoms with Gasteiger partial charge in [-0.05, 0) is 53.8 Å². The number of hydrogen-bond acceptors (Lipinski definition) is 10. The molecule has 1 aliphatic rings. The van der Waals surface area contributed by atoms with Gasteiger partial charge in [0.1, 0.15) is 5.82 Å². The molecule has 39 heavy (non-hydrogen) atoms. The van der Waals surface area contributed by atoms with E-state index in [4.69, 9.17) is 29.3 Å². The first-order chi connectivity index (χ1) is 19.1. The monoisotopic (exact) mass is 551 g/mol. The highest BCUT2D eigenvalue weighted by Crippen LogP contribution is 2.33. The number of nitrogens with zero attached hydrogens (tertiary/aromatic N) is 4. The quantitative estimate of drug-likeness (QED) is 0.231. The van der Waals surface area contributed by atoms with Crippen LogP contribution in [0.3, 0.4) is 0 Å². The molecule has 0 bridgehead atoms. The molecule has 1 fully saturated rings. The van der Waals surface area contributed by atoms with Gasteiger partial charge in [0.05, 0.1) is 38.8 Å². The lowest BCUT2D eigenvalue weighted by atomic mass is 10.1. The lowest BCUT2D eigenvalue weighted by Gasteiger charge is -2.35. The highest BCUT2D eigenvalue weighted by Gasteiger charge is 2.21. The van der Waals surface area contributed by atoms with E-state index >= 15 is 0 Å². The molecule has 2 heterocycles. The molecule has 4 aromatic rings. The molecule has 0 aliphatic carbocycles. The number of nitrogens with two attached hydrogens (primary N) is 1. The van der Waals surface area contributed by atoms with Crippen molar-refractivity contribution in [1.82, 2.24) is 9.27 Å².